The lowest BCUT2D eigenvalue weighted by molar-refractivity contribution is -0.117. The van der Waals surface area contributed by atoms with Crippen molar-refractivity contribution in [1.82, 2.24) is 5.32 Å². The molecule has 0 aromatic heterocycles. The molecule has 132 valence electrons. The van der Waals surface area contributed by atoms with Crippen LogP contribution in [-0.2, 0) is 4.79 Å². The average molecular weight is 356 g/mol. The summed E-state index contributed by atoms with van der Waals surface area (Å²) in [5.41, 5.74) is 21.5. The van der Waals surface area contributed by atoms with Crippen LogP contribution < -0.4 is 22.5 Å². The molecule has 0 fully saturated rings. The highest BCUT2D eigenvalue weighted by molar-refractivity contribution is 7.98. The highest BCUT2D eigenvalue weighted by Gasteiger charge is 2.15. The molecule has 25 heavy (non-hydrogen) atoms. The van der Waals surface area contributed by atoms with Crippen molar-refractivity contribution in [2.75, 3.05) is 18.5 Å². The Morgan fingerprint density at radius 3 is 2.56 bits per heavy atom. The van der Waals surface area contributed by atoms with E-state index < -0.39 is 0 Å². The number of para-hydroxylation sites is 1. The van der Waals surface area contributed by atoms with Crippen LogP contribution in [0.15, 0.2) is 53.1 Å². The van der Waals surface area contributed by atoms with Crippen molar-refractivity contribution in [3.8, 4) is 11.1 Å². The van der Waals surface area contributed by atoms with Gasteiger partial charge >= 0.3 is 0 Å². The molecule has 1 amide bonds. The van der Waals surface area contributed by atoms with Gasteiger partial charge in [0.1, 0.15) is 5.70 Å². The fraction of sp³-hybridized carbons (Fsp3) is 0.211. The number of carbonyl (C=O) groups excluding carboxylic acids is 1. The molecule has 6 heteroatoms. The van der Waals surface area contributed by atoms with Crippen LogP contribution in [0.1, 0.15) is 18.9 Å². The van der Waals surface area contributed by atoms with E-state index in [4.69, 9.17) is 17.2 Å². The number of hydrogen-bond acceptors (Lipinski definition) is 5. The van der Waals surface area contributed by atoms with Gasteiger partial charge in [-0.3, -0.25) is 4.79 Å². The van der Waals surface area contributed by atoms with Crippen molar-refractivity contribution in [3.05, 3.63) is 53.7 Å². The summed E-state index contributed by atoms with van der Waals surface area (Å²) in [7, 11) is 0. The molecule has 0 radical (unpaired) electrons. The topological polar surface area (TPSA) is 107 Å². The number of thioether (sulfide) groups is 1. The molecule has 0 bridgehead atoms. The summed E-state index contributed by atoms with van der Waals surface area (Å²) >= 11 is 1.66. The minimum atomic E-state index is -0.381. The van der Waals surface area contributed by atoms with E-state index in [0.29, 0.717) is 17.8 Å². The van der Waals surface area contributed by atoms with E-state index in [9.17, 15) is 4.79 Å². The van der Waals surface area contributed by atoms with Crippen molar-refractivity contribution < 1.29 is 4.79 Å². The minimum Gasteiger partial charge on any atom is -0.398 e. The maximum Gasteiger partial charge on any atom is 0.269 e. The van der Waals surface area contributed by atoms with E-state index in [0.717, 1.165) is 22.4 Å². The Labute approximate surface area is 152 Å². The lowest BCUT2D eigenvalue weighted by Gasteiger charge is -2.14. The van der Waals surface area contributed by atoms with E-state index in [1.807, 2.05) is 43.5 Å². The van der Waals surface area contributed by atoms with Gasteiger partial charge < -0.3 is 22.5 Å². The largest absolute Gasteiger partial charge is 0.398 e. The molecule has 2 rings (SSSR count). The zero-order chi connectivity index (χ0) is 18.4. The Hall–Kier alpha value is -2.60. The summed E-state index contributed by atoms with van der Waals surface area (Å²) in [4.78, 5) is 13.2. The quantitative estimate of drug-likeness (QED) is 0.362. The van der Waals surface area contributed by atoms with E-state index in [-0.39, 0.29) is 17.3 Å². The first-order chi connectivity index (χ1) is 12.0. The van der Waals surface area contributed by atoms with Gasteiger partial charge in [-0.2, -0.15) is 0 Å². The number of carbonyl (C=O) groups is 1. The Bertz CT molecular complexity index is 802. The van der Waals surface area contributed by atoms with Crippen LogP contribution in [0.4, 0.5) is 5.69 Å². The highest BCUT2D eigenvalue weighted by Crippen LogP contribution is 2.33. The van der Waals surface area contributed by atoms with Crippen molar-refractivity contribution in [2.45, 2.75) is 18.2 Å². The fourth-order valence-corrected chi connectivity index (χ4v) is 2.90. The van der Waals surface area contributed by atoms with E-state index >= 15 is 0 Å². The molecule has 0 spiro atoms. The van der Waals surface area contributed by atoms with Gasteiger partial charge in [-0.1, -0.05) is 37.3 Å². The second-order valence-electron chi connectivity index (χ2n) is 5.58. The van der Waals surface area contributed by atoms with Crippen LogP contribution in [0.5, 0.6) is 0 Å². The first-order valence-corrected chi connectivity index (χ1v) is 9.28. The summed E-state index contributed by atoms with van der Waals surface area (Å²) in [6.45, 7) is 2.51. The van der Waals surface area contributed by atoms with Gasteiger partial charge in [-0.15, -0.1) is 11.8 Å². The van der Waals surface area contributed by atoms with Crippen molar-refractivity contribution >= 4 is 29.1 Å². The molecule has 0 heterocycles. The smallest absolute Gasteiger partial charge is 0.269 e. The average Bonchev–Trinajstić information content (AvgIpc) is 2.65. The molecular weight excluding hydrogens is 332 g/mol. The summed E-state index contributed by atoms with van der Waals surface area (Å²) in [6, 6.07) is 13.6. The zero-order valence-corrected chi connectivity index (χ0v) is 15.3. The molecule has 0 aliphatic carbocycles. The molecule has 0 aliphatic heterocycles. The third kappa shape index (κ3) is 4.28. The minimum absolute atomic E-state index is 0.0184. The zero-order valence-electron chi connectivity index (χ0n) is 14.5. The predicted molar refractivity (Wildman–Crippen MR) is 107 cm³/mol. The molecule has 7 N–H and O–H groups in total. The van der Waals surface area contributed by atoms with Gasteiger partial charge in [0.05, 0.1) is 5.70 Å². The standard InChI is InChI=1S/C19H24N4OS/c1-3-10-23-19(24)18(22)17(21)15-9-5-8-14(16(15)20)12-6-4-7-13(11-12)25-2/h4-9,11H,3,10,20-22H2,1-2H3,(H,23,24)/b18-17+. The van der Waals surface area contributed by atoms with Gasteiger partial charge in [0.15, 0.2) is 0 Å². The Kier molecular flexibility index (Phi) is 6.36. The second kappa shape index (κ2) is 8.48. The van der Waals surface area contributed by atoms with Crippen molar-refractivity contribution in [3.63, 3.8) is 0 Å². The molecule has 2 aromatic carbocycles. The highest BCUT2D eigenvalue weighted by atomic mass is 32.2. The molecule has 2 aromatic rings. The number of hydrogen-bond donors (Lipinski definition) is 4. The Balaban J connectivity index is 2.45. The van der Waals surface area contributed by atoms with Crippen LogP contribution in [0.25, 0.3) is 16.8 Å². The molecule has 0 saturated carbocycles. The number of amides is 1. The first-order valence-electron chi connectivity index (χ1n) is 8.06. The Morgan fingerprint density at radius 2 is 1.88 bits per heavy atom. The SMILES string of the molecule is CCCNC(=O)/C(N)=C(\N)c1cccc(-c2cccc(SC)c2)c1N. The number of anilines is 1. The molecule has 0 aliphatic rings. The first kappa shape index (κ1) is 18.7. The lowest BCUT2D eigenvalue weighted by atomic mass is 9.98. The monoisotopic (exact) mass is 356 g/mol. The molecule has 5 nitrogen and oxygen atoms in total. The van der Waals surface area contributed by atoms with Gasteiger partial charge in [0, 0.05) is 28.3 Å². The lowest BCUT2D eigenvalue weighted by Crippen LogP contribution is -2.31. The second-order valence-corrected chi connectivity index (χ2v) is 6.46. The van der Waals surface area contributed by atoms with Crippen LogP contribution in [-0.4, -0.2) is 18.7 Å². The van der Waals surface area contributed by atoms with Crippen LogP contribution >= 0.6 is 11.8 Å². The van der Waals surface area contributed by atoms with Gasteiger partial charge in [-0.05, 0) is 30.4 Å². The van der Waals surface area contributed by atoms with E-state index in [2.05, 4.69) is 11.4 Å². The number of benzene rings is 2. The molecular formula is C19H24N4OS. The fourth-order valence-electron chi connectivity index (χ4n) is 2.44. The number of nitrogens with two attached hydrogens (primary N) is 3. The van der Waals surface area contributed by atoms with Gasteiger partial charge in [-0.25, -0.2) is 0 Å². The number of nitrogen functional groups attached to an aromatic ring is 1. The summed E-state index contributed by atoms with van der Waals surface area (Å²) in [5.74, 6) is -0.381. The molecule has 0 atom stereocenters. The number of rotatable bonds is 6. The van der Waals surface area contributed by atoms with E-state index in [1.54, 1.807) is 17.8 Å². The maximum absolute atomic E-state index is 12.0. The third-order valence-electron chi connectivity index (χ3n) is 3.85. The van der Waals surface area contributed by atoms with Crippen LogP contribution in [0.2, 0.25) is 0 Å². The Morgan fingerprint density at radius 1 is 1.16 bits per heavy atom. The van der Waals surface area contributed by atoms with Gasteiger partial charge in [0.25, 0.3) is 5.91 Å². The number of nitrogens with one attached hydrogen (secondary N) is 1. The summed E-state index contributed by atoms with van der Waals surface area (Å²) in [5, 5.41) is 2.72. The van der Waals surface area contributed by atoms with Crippen molar-refractivity contribution in [1.29, 1.82) is 0 Å². The third-order valence-corrected chi connectivity index (χ3v) is 4.57. The molecule has 0 saturated heterocycles. The molecule has 0 unspecified atom stereocenters. The maximum atomic E-state index is 12.0. The van der Waals surface area contributed by atoms with E-state index in [1.165, 1.54) is 0 Å². The van der Waals surface area contributed by atoms with Gasteiger partial charge in [0.2, 0.25) is 0 Å². The van der Waals surface area contributed by atoms with Crippen LogP contribution in [0.3, 0.4) is 0 Å². The summed E-state index contributed by atoms with van der Waals surface area (Å²) in [6.07, 6.45) is 2.84. The normalized spacial score (nSPS) is 11.8. The summed E-state index contributed by atoms with van der Waals surface area (Å²) < 4.78 is 0. The van der Waals surface area contributed by atoms with Crippen LogP contribution in [0, 0.1) is 0 Å². The van der Waals surface area contributed by atoms with Crippen molar-refractivity contribution in [2.24, 2.45) is 11.5 Å². The predicted octanol–water partition coefficient (Wildman–Crippen LogP) is 2.77.